The minimum Gasteiger partial charge on any atom is -0.351 e. The van der Waals surface area contributed by atoms with Crippen molar-refractivity contribution in [3.63, 3.8) is 0 Å². The number of benzene rings is 2. The van der Waals surface area contributed by atoms with E-state index in [9.17, 15) is 4.79 Å². The molecule has 0 bridgehead atoms. The lowest BCUT2D eigenvalue weighted by Crippen LogP contribution is -2.46. The van der Waals surface area contributed by atoms with Crippen molar-refractivity contribution >= 4 is 41.8 Å². The van der Waals surface area contributed by atoms with Gasteiger partial charge in [0.2, 0.25) is 5.91 Å². The van der Waals surface area contributed by atoms with E-state index in [-0.39, 0.29) is 36.8 Å². The molecule has 28 heavy (non-hydrogen) atoms. The molecule has 0 radical (unpaired) electrons. The lowest BCUT2D eigenvalue weighted by atomic mass is 10.0. The van der Waals surface area contributed by atoms with Crippen molar-refractivity contribution < 1.29 is 4.79 Å². The molecule has 2 aromatic carbocycles. The predicted molar refractivity (Wildman–Crippen MR) is 117 cm³/mol. The molecule has 7 heteroatoms. The Hall–Kier alpha value is -2.08. The Morgan fingerprint density at radius 1 is 1.07 bits per heavy atom. The van der Waals surface area contributed by atoms with Gasteiger partial charge in [-0.25, -0.2) is 4.98 Å². The summed E-state index contributed by atoms with van der Waals surface area (Å²) in [6.45, 7) is 2.31. The van der Waals surface area contributed by atoms with Crippen LogP contribution in [-0.4, -0.2) is 28.0 Å². The summed E-state index contributed by atoms with van der Waals surface area (Å²) < 4.78 is 2.15. The third kappa shape index (κ3) is 5.25. The van der Waals surface area contributed by atoms with Crippen molar-refractivity contribution in [1.82, 2.24) is 20.2 Å². The van der Waals surface area contributed by atoms with E-state index in [2.05, 4.69) is 50.5 Å². The fourth-order valence-electron chi connectivity index (χ4n) is 3.48. The number of imidazole rings is 1. The lowest BCUT2D eigenvalue weighted by Gasteiger charge is -2.22. The first-order chi connectivity index (χ1) is 12.8. The molecule has 5 nitrogen and oxygen atoms in total. The molecular weight excluding hydrogens is 395 g/mol. The van der Waals surface area contributed by atoms with Crippen LogP contribution in [0.4, 0.5) is 0 Å². The number of carbonyl (C=O) groups excluding carboxylic acids is 1. The standard InChI is InChI=1S/C21H24N4O.2ClH/c26-21(19-6-3-4-12-22-19)23-13-16-8-10-17(11-9-16)14-25-15-24-18-5-1-2-7-20(18)25;;/h1-2,5,7-11,15,19,22H,3-4,6,12-14H2,(H,23,26);2*1H/t19-;;/m1../s1. The van der Waals surface area contributed by atoms with E-state index in [0.29, 0.717) is 6.54 Å². The van der Waals surface area contributed by atoms with Gasteiger partial charge in [-0.2, -0.15) is 0 Å². The molecule has 0 unspecified atom stereocenters. The number of hydrogen-bond acceptors (Lipinski definition) is 3. The number of nitrogens with zero attached hydrogens (tertiary/aromatic N) is 2. The molecular formula is C21H26Cl2N4O. The summed E-state index contributed by atoms with van der Waals surface area (Å²) >= 11 is 0. The van der Waals surface area contributed by atoms with Gasteiger partial charge in [0.15, 0.2) is 0 Å². The van der Waals surface area contributed by atoms with Crippen LogP contribution in [0.15, 0.2) is 54.9 Å². The first-order valence-corrected chi connectivity index (χ1v) is 9.28. The van der Waals surface area contributed by atoms with Crippen LogP contribution in [0.3, 0.4) is 0 Å². The SMILES string of the molecule is Cl.Cl.O=C(NCc1ccc(Cn2cnc3ccccc32)cc1)[C@H]1CCCCN1. The number of halogens is 2. The minimum atomic E-state index is -0.0301. The molecule has 2 heterocycles. The molecule has 2 N–H and O–H groups in total. The van der Waals surface area contributed by atoms with Crippen molar-refractivity contribution in [1.29, 1.82) is 0 Å². The summed E-state index contributed by atoms with van der Waals surface area (Å²) in [6.07, 6.45) is 5.11. The number of hydrogen-bond donors (Lipinski definition) is 2. The van der Waals surface area contributed by atoms with Crippen LogP contribution >= 0.6 is 24.8 Å². The predicted octanol–water partition coefficient (Wildman–Crippen LogP) is 3.69. The third-order valence-electron chi connectivity index (χ3n) is 5.00. The summed E-state index contributed by atoms with van der Waals surface area (Å²) in [6, 6.07) is 16.5. The second-order valence-electron chi connectivity index (χ2n) is 6.90. The van der Waals surface area contributed by atoms with Gasteiger partial charge in [0.1, 0.15) is 0 Å². The van der Waals surface area contributed by atoms with Crippen molar-refractivity contribution in [3.05, 3.63) is 66.0 Å². The molecule has 0 saturated carbocycles. The minimum absolute atomic E-state index is 0. The van der Waals surface area contributed by atoms with Gasteiger partial charge in [0.05, 0.1) is 23.4 Å². The second-order valence-corrected chi connectivity index (χ2v) is 6.90. The van der Waals surface area contributed by atoms with Gasteiger partial charge in [-0.3, -0.25) is 4.79 Å². The average Bonchev–Trinajstić information content (AvgIpc) is 3.11. The Balaban J connectivity index is 0.00000140. The second kappa shape index (κ2) is 10.5. The smallest absolute Gasteiger partial charge is 0.237 e. The molecule has 1 fully saturated rings. The molecule has 1 atom stereocenters. The van der Waals surface area contributed by atoms with Gasteiger partial charge in [-0.15, -0.1) is 24.8 Å². The normalized spacial score (nSPS) is 16.1. The van der Waals surface area contributed by atoms with E-state index in [1.807, 2.05) is 24.5 Å². The molecule has 0 spiro atoms. The maximum Gasteiger partial charge on any atom is 0.237 e. The molecule has 1 saturated heterocycles. The molecule has 3 aromatic rings. The Morgan fingerprint density at radius 2 is 1.82 bits per heavy atom. The van der Waals surface area contributed by atoms with E-state index < -0.39 is 0 Å². The van der Waals surface area contributed by atoms with Crippen LogP contribution in [0.1, 0.15) is 30.4 Å². The van der Waals surface area contributed by atoms with E-state index >= 15 is 0 Å². The van der Waals surface area contributed by atoms with Crippen LogP contribution in [0.5, 0.6) is 0 Å². The molecule has 1 aliphatic rings. The quantitative estimate of drug-likeness (QED) is 0.661. The largest absolute Gasteiger partial charge is 0.351 e. The average molecular weight is 421 g/mol. The van der Waals surface area contributed by atoms with Crippen LogP contribution in [0, 0.1) is 0 Å². The van der Waals surface area contributed by atoms with E-state index in [0.717, 1.165) is 48.9 Å². The molecule has 1 aliphatic heterocycles. The number of para-hydroxylation sites is 2. The van der Waals surface area contributed by atoms with Crippen molar-refractivity contribution in [2.45, 2.75) is 38.4 Å². The van der Waals surface area contributed by atoms with Crippen LogP contribution < -0.4 is 10.6 Å². The lowest BCUT2D eigenvalue weighted by molar-refractivity contribution is -0.123. The van der Waals surface area contributed by atoms with Gasteiger partial charge >= 0.3 is 0 Å². The summed E-state index contributed by atoms with van der Waals surface area (Å²) in [5, 5.41) is 6.32. The van der Waals surface area contributed by atoms with E-state index in [4.69, 9.17) is 0 Å². The molecule has 1 aromatic heterocycles. The Kier molecular flexibility index (Phi) is 8.30. The van der Waals surface area contributed by atoms with Gasteiger partial charge in [-0.05, 0) is 42.6 Å². The van der Waals surface area contributed by atoms with Gasteiger partial charge in [-0.1, -0.05) is 42.8 Å². The zero-order chi connectivity index (χ0) is 17.8. The number of rotatable bonds is 5. The molecule has 150 valence electrons. The number of piperidine rings is 1. The topological polar surface area (TPSA) is 59.0 Å². The van der Waals surface area contributed by atoms with Gasteiger partial charge < -0.3 is 15.2 Å². The summed E-state index contributed by atoms with van der Waals surface area (Å²) in [5.41, 5.74) is 4.50. The Bertz CT molecular complexity index is 889. The Labute approximate surface area is 177 Å². The summed E-state index contributed by atoms with van der Waals surface area (Å²) in [4.78, 5) is 16.6. The van der Waals surface area contributed by atoms with Crippen molar-refractivity contribution in [3.8, 4) is 0 Å². The number of carbonyl (C=O) groups is 1. The zero-order valence-electron chi connectivity index (χ0n) is 15.6. The van der Waals surface area contributed by atoms with Crippen molar-refractivity contribution in [2.24, 2.45) is 0 Å². The summed E-state index contributed by atoms with van der Waals surface area (Å²) in [7, 11) is 0. The highest BCUT2D eigenvalue weighted by molar-refractivity contribution is 5.85. The van der Waals surface area contributed by atoms with Gasteiger partial charge in [0.25, 0.3) is 0 Å². The summed E-state index contributed by atoms with van der Waals surface area (Å²) in [5.74, 6) is 0.110. The van der Waals surface area contributed by atoms with Crippen LogP contribution in [-0.2, 0) is 17.9 Å². The number of amides is 1. The number of aromatic nitrogens is 2. The Morgan fingerprint density at radius 3 is 2.57 bits per heavy atom. The van der Waals surface area contributed by atoms with E-state index in [1.54, 1.807) is 0 Å². The van der Waals surface area contributed by atoms with E-state index in [1.165, 1.54) is 5.56 Å². The molecule has 4 rings (SSSR count). The highest BCUT2D eigenvalue weighted by Crippen LogP contribution is 2.14. The zero-order valence-corrected chi connectivity index (χ0v) is 17.3. The number of fused-ring (bicyclic) bond motifs is 1. The molecule has 0 aliphatic carbocycles. The third-order valence-corrected chi connectivity index (χ3v) is 5.00. The highest BCUT2D eigenvalue weighted by atomic mass is 35.5. The highest BCUT2D eigenvalue weighted by Gasteiger charge is 2.19. The molecule has 1 amide bonds. The van der Waals surface area contributed by atoms with Crippen LogP contribution in [0.2, 0.25) is 0 Å². The monoisotopic (exact) mass is 420 g/mol. The first-order valence-electron chi connectivity index (χ1n) is 9.28. The maximum absolute atomic E-state index is 12.2. The maximum atomic E-state index is 12.2. The fourth-order valence-corrected chi connectivity index (χ4v) is 3.48. The fraction of sp³-hybridized carbons (Fsp3) is 0.333. The van der Waals surface area contributed by atoms with Crippen LogP contribution in [0.25, 0.3) is 11.0 Å². The van der Waals surface area contributed by atoms with Gasteiger partial charge in [0, 0.05) is 13.1 Å². The first kappa shape index (κ1) is 22.2. The number of nitrogens with one attached hydrogen (secondary N) is 2. The van der Waals surface area contributed by atoms with Crippen molar-refractivity contribution in [2.75, 3.05) is 6.54 Å².